The third-order valence-corrected chi connectivity index (χ3v) is 3.48. The summed E-state index contributed by atoms with van der Waals surface area (Å²) in [7, 11) is 0. The molecule has 14 heavy (non-hydrogen) atoms. The zero-order valence-electron chi connectivity index (χ0n) is 7.24. The Hall–Kier alpha value is -1.06. The van der Waals surface area contributed by atoms with Gasteiger partial charge in [-0.25, -0.2) is 0 Å². The van der Waals surface area contributed by atoms with Crippen molar-refractivity contribution in [3.05, 3.63) is 34.7 Å². The number of nitrogens with one attached hydrogen (secondary N) is 1. The molecule has 2 nitrogen and oxygen atoms in total. The summed E-state index contributed by atoms with van der Waals surface area (Å²) < 4.78 is 1.21. The fourth-order valence-corrected chi connectivity index (χ4v) is 2.86. The molecule has 0 fully saturated rings. The van der Waals surface area contributed by atoms with E-state index >= 15 is 0 Å². The van der Waals surface area contributed by atoms with Crippen LogP contribution in [0.2, 0.25) is 0 Å². The summed E-state index contributed by atoms with van der Waals surface area (Å²) in [5.41, 5.74) is 0.889. The molecule has 0 bridgehead atoms. The van der Waals surface area contributed by atoms with E-state index in [4.69, 9.17) is 0 Å². The number of carbonyl (C=O) groups is 1. The van der Waals surface area contributed by atoms with Crippen LogP contribution in [0.5, 0.6) is 0 Å². The van der Waals surface area contributed by atoms with Crippen molar-refractivity contribution in [1.82, 2.24) is 5.32 Å². The van der Waals surface area contributed by atoms with E-state index in [9.17, 15) is 4.79 Å². The van der Waals surface area contributed by atoms with Crippen molar-refractivity contribution in [3.8, 4) is 0 Å². The van der Waals surface area contributed by atoms with E-state index in [0.717, 1.165) is 10.9 Å². The number of carbonyl (C=O) groups excluding carboxylic acids is 1. The average Bonchev–Trinajstić information content (AvgIpc) is 2.66. The highest BCUT2D eigenvalue weighted by atomic mass is 35.5. The summed E-state index contributed by atoms with van der Waals surface area (Å²) >= 11 is 1.71. The maximum absolute atomic E-state index is 11.4. The zero-order chi connectivity index (χ0) is 8.84. The Morgan fingerprint density at radius 3 is 2.93 bits per heavy atom. The minimum atomic E-state index is 0. The number of thiophene rings is 1. The summed E-state index contributed by atoms with van der Waals surface area (Å²) in [6.07, 6.45) is 0. The summed E-state index contributed by atoms with van der Waals surface area (Å²) in [5.74, 6) is 0.0763. The van der Waals surface area contributed by atoms with Crippen LogP contribution in [0.15, 0.2) is 24.3 Å². The van der Waals surface area contributed by atoms with Crippen molar-refractivity contribution in [2.24, 2.45) is 0 Å². The van der Waals surface area contributed by atoms with Crippen molar-refractivity contribution in [2.75, 3.05) is 0 Å². The van der Waals surface area contributed by atoms with E-state index in [1.54, 1.807) is 11.3 Å². The van der Waals surface area contributed by atoms with Crippen molar-refractivity contribution in [1.29, 1.82) is 0 Å². The molecule has 0 atom stereocenters. The van der Waals surface area contributed by atoms with Gasteiger partial charge in [0.2, 0.25) is 0 Å². The van der Waals surface area contributed by atoms with Crippen molar-refractivity contribution >= 4 is 39.7 Å². The molecule has 0 aliphatic carbocycles. The Morgan fingerprint density at radius 1 is 1.29 bits per heavy atom. The predicted octanol–water partition coefficient (Wildman–Crippen LogP) is 2.57. The molecular weight excluding hydrogens is 218 g/mol. The normalized spacial score (nSPS) is 13.6. The number of halogens is 1. The molecule has 0 unspecified atom stereocenters. The number of benzene rings is 1. The lowest BCUT2D eigenvalue weighted by atomic mass is 10.1. The van der Waals surface area contributed by atoms with Crippen LogP contribution in [0.4, 0.5) is 0 Å². The Labute approximate surface area is 91.3 Å². The van der Waals surface area contributed by atoms with Crippen molar-refractivity contribution in [3.63, 3.8) is 0 Å². The monoisotopic (exact) mass is 225 g/mol. The Kier molecular flexibility index (Phi) is 2.21. The molecule has 3 rings (SSSR count). The lowest BCUT2D eigenvalue weighted by Gasteiger charge is -1.92. The molecule has 0 radical (unpaired) electrons. The second kappa shape index (κ2) is 3.26. The minimum absolute atomic E-state index is 0. The number of hydrogen-bond donors (Lipinski definition) is 1. The van der Waals surface area contributed by atoms with E-state index in [1.165, 1.54) is 9.58 Å². The quantitative estimate of drug-likeness (QED) is 0.734. The van der Waals surface area contributed by atoms with Crippen LogP contribution in [0, 0.1) is 0 Å². The molecule has 4 heteroatoms. The molecule has 1 aliphatic rings. The maximum Gasteiger partial charge on any atom is 0.253 e. The van der Waals surface area contributed by atoms with Crippen LogP contribution in [0.25, 0.3) is 10.1 Å². The standard InChI is InChI=1S/C10H7NOS.ClH/c12-10-9-6-3-1-2-4-7(6)13-8(9)5-11-10;/h1-4H,5H2,(H,11,12);1H. The first-order valence-electron chi connectivity index (χ1n) is 4.15. The van der Waals surface area contributed by atoms with Gasteiger partial charge in [-0.2, -0.15) is 0 Å². The van der Waals surface area contributed by atoms with Gasteiger partial charge in [-0.3, -0.25) is 4.79 Å². The first-order valence-corrected chi connectivity index (χ1v) is 4.96. The van der Waals surface area contributed by atoms with Crippen LogP contribution in [-0.2, 0) is 6.54 Å². The number of rotatable bonds is 0. The van der Waals surface area contributed by atoms with Crippen LogP contribution >= 0.6 is 23.7 Å². The highest BCUT2D eigenvalue weighted by Gasteiger charge is 2.23. The van der Waals surface area contributed by atoms with Crippen LogP contribution < -0.4 is 5.32 Å². The molecule has 72 valence electrons. The smallest absolute Gasteiger partial charge is 0.253 e. The van der Waals surface area contributed by atoms with E-state index in [2.05, 4.69) is 11.4 Å². The number of fused-ring (bicyclic) bond motifs is 3. The molecule has 0 saturated carbocycles. The maximum atomic E-state index is 11.4. The molecule has 0 saturated heterocycles. The van der Waals surface area contributed by atoms with Gasteiger partial charge in [-0.05, 0) is 6.07 Å². The molecule has 1 amide bonds. The Morgan fingerprint density at radius 2 is 2.07 bits per heavy atom. The van der Waals surface area contributed by atoms with Gasteiger partial charge in [0.25, 0.3) is 5.91 Å². The number of amides is 1. The summed E-state index contributed by atoms with van der Waals surface area (Å²) in [5, 5.41) is 3.92. The molecule has 0 spiro atoms. The van der Waals surface area contributed by atoms with Crippen LogP contribution in [0.1, 0.15) is 15.2 Å². The topological polar surface area (TPSA) is 29.1 Å². The second-order valence-electron chi connectivity index (χ2n) is 3.08. The molecule has 1 aromatic heterocycles. The summed E-state index contributed by atoms with van der Waals surface area (Å²) in [6, 6.07) is 8.05. The highest BCUT2D eigenvalue weighted by molar-refractivity contribution is 7.19. The van der Waals surface area contributed by atoms with E-state index < -0.39 is 0 Å². The Bertz CT molecular complexity index is 506. The van der Waals surface area contributed by atoms with Crippen LogP contribution in [0.3, 0.4) is 0 Å². The van der Waals surface area contributed by atoms with Crippen molar-refractivity contribution < 1.29 is 4.79 Å². The molecule has 2 aromatic rings. The molecular formula is C10H8ClNOS. The van der Waals surface area contributed by atoms with Gasteiger partial charge < -0.3 is 5.32 Å². The SMILES string of the molecule is Cl.O=C1NCc2sc3ccccc3c21. The second-order valence-corrected chi connectivity index (χ2v) is 4.22. The third-order valence-electron chi connectivity index (χ3n) is 2.30. The third kappa shape index (κ3) is 1.13. The molecule has 1 N–H and O–H groups in total. The van der Waals surface area contributed by atoms with Gasteiger partial charge in [0.1, 0.15) is 0 Å². The van der Waals surface area contributed by atoms with E-state index in [1.807, 2.05) is 18.2 Å². The summed E-state index contributed by atoms with van der Waals surface area (Å²) in [6.45, 7) is 0.702. The zero-order valence-corrected chi connectivity index (χ0v) is 8.87. The lowest BCUT2D eigenvalue weighted by molar-refractivity contribution is 0.0967. The van der Waals surface area contributed by atoms with Crippen molar-refractivity contribution in [2.45, 2.75) is 6.54 Å². The highest BCUT2D eigenvalue weighted by Crippen LogP contribution is 2.33. The van der Waals surface area contributed by atoms with Gasteiger partial charge in [0, 0.05) is 15.0 Å². The average molecular weight is 226 g/mol. The first kappa shape index (κ1) is 9.49. The largest absolute Gasteiger partial charge is 0.347 e. The number of hydrogen-bond acceptors (Lipinski definition) is 2. The first-order chi connectivity index (χ1) is 6.36. The van der Waals surface area contributed by atoms with Gasteiger partial charge in [0.05, 0.1) is 12.1 Å². The fourth-order valence-electron chi connectivity index (χ4n) is 1.72. The fraction of sp³-hybridized carbons (Fsp3) is 0.100. The van der Waals surface area contributed by atoms with Gasteiger partial charge in [-0.1, -0.05) is 18.2 Å². The summed E-state index contributed by atoms with van der Waals surface area (Å²) in [4.78, 5) is 12.6. The van der Waals surface area contributed by atoms with E-state index in [0.29, 0.717) is 6.54 Å². The van der Waals surface area contributed by atoms with E-state index in [-0.39, 0.29) is 18.3 Å². The molecule has 2 heterocycles. The van der Waals surface area contributed by atoms with Crippen LogP contribution in [-0.4, -0.2) is 5.91 Å². The van der Waals surface area contributed by atoms with Gasteiger partial charge in [0.15, 0.2) is 0 Å². The van der Waals surface area contributed by atoms with Gasteiger partial charge >= 0.3 is 0 Å². The minimum Gasteiger partial charge on any atom is -0.347 e. The predicted molar refractivity (Wildman–Crippen MR) is 60.2 cm³/mol. The lowest BCUT2D eigenvalue weighted by Crippen LogP contribution is -2.12. The van der Waals surface area contributed by atoms with Gasteiger partial charge in [-0.15, -0.1) is 23.7 Å². The molecule has 1 aliphatic heterocycles. The molecule has 1 aromatic carbocycles. The Balaban J connectivity index is 0.000000750.